The van der Waals surface area contributed by atoms with E-state index in [-0.39, 0.29) is 17.4 Å². The van der Waals surface area contributed by atoms with Crippen LogP contribution in [0.25, 0.3) is 0 Å². The van der Waals surface area contributed by atoms with Gasteiger partial charge in [-0.25, -0.2) is 0 Å². The zero-order valence-electron chi connectivity index (χ0n) is 11.1. The Morgan fingerprint density at radius 3 is 2.80 bits per heavy atom. The van der Waals surface area contributed by atoms with E-state index in [9.17, 15) is 9.90 Å². The predicted molar refractivity (Wildman–Crippen MR) is 79.7 cm³/mol. The third kappa shape index (κ3) is 1.86. The first-order valence-electron chi connectivity index (χ1n) is 6.64. The molecule has 1 saturated heterocycles. The number of rotatable bonds is 1. The normalized spacial score (nSPS) is 28.2. The van der Waals surface area contributed by atoms with E-state index >= 15 is 0 Å². The molecule has 0 saturated carbocycles. The second kappa shape index (κ2) is 4.88. The number of fused-ring (bicyclic) bond motifs is 2. The van der Waals surface area contributed by atoms with E-state index in [1.54, 1.807) is 11.0 Å². The lowest BCUT2D eigenvalue weighted by molar-refractivity contribution is -0.121. The van der Waals surface area contributed by atoms with Crippen LogP contribution in [0.5, 0.6) is 0 Å². The minimum absolute atomic E-state index is 0.144. The van der Waals surface area contributed by atoms with Crippen molar-refractivity contribution in [3.05, 3.63) is 27.7 Å². The van der Waals surface area contributed by atoms with Crippen LogP contribution < -0.4 is 10.2 Å². The van der Waals surface area contributed by atoms with Crippen LogP contribution in [-0.4, -0.2) is 36.8 Å². The molecule has 0 radical (unpaired) electrons. The molecule has 0 aromatic heterocycles. The smallest absolute Gasteiger partial charge is 0.252 e. The molecular formula is C14H16Cl2N2O2. The van der Waals surface area contributed by atoms with E-state index in [0.717, 1.165) is 24.2 Å². The van der Waals surface area contributed by atoms with Crippen molar-refractivity contribution in [3.8, 4) is 0 Å². The fraction of sp³-hybridized carbons (Fsp3) is 0.500. The molecule has 1 spiro atoms. The number of benzene rings is 1. The van der Waals surface area contributed by atoms with Crippen molar-refractivity contribution in [2.24, 2.45) is 0 Å². The minimum Gasteiger partial charge on any atom is -0.387 e. The van der Waals surface area contributed by atoms with Gasteiger partial charge >= 0.3 is 0 Å². The molecule has 0 aliphatic carbocycles. The summed E-state index contributed by atoms with van der Waals surface area (Å²) < 4.78 is 0. The monoisotopic (exact) mass is 314 g/mol. The van der Waals surface area contributed by atoms with Crippen molar-refractivity contribution < 1.29 is 9.90 Å². The van der Waals surface area contributed by atoms with E-state index in [4.69, 9.17) is 23.2 Å². The average molecular weight is 315 g/mol. The molecule has 3 rings (SSSR count). The lowest BCUT2D eigenvalue weighted by Gasteiger charge is -2.29. The van der Waals surface area contributed by atoms with E-state index in [1.807, 2.05) is 6.07 Å². The second-order valence-electron chi connectivity index (χ2n) is 5.50. The van der Waals surface area contributed by atoms with Crippen LogP contribution in [0.3, 0.4) is 0 Å². The molecule has 1 aromatic carbocycles. The highest BCUT2D eigenvalue weighted by Gasteiger charge is 2.50. The summed E-state index contributed by atoms with van der Waals surface area (Å²) in [5.41, 5.74) is 1.68. The Morgan fingerprint density at radius 1 is 1.50 bits per heavy atom. The van der Waals surface area contributed by atoms with Gasteiger partial charge in [0.15, 0.2) is 0 Å². The highest BCUT2D eigenvalue weighted by Crippen LogP contribution is 2.49. The number of nitrogens with one attached hydrogen (secondary N) is 1. The number of aliphatic hydroxyl groups excluding tert-OH is 1. The number of halogens is 2. The van der Waals surface area contributed by atoms with Crippen molar-refractivity contribution in [2.75, 3.05) is 24.6 Å². The Bertz CT molecular complexity index is 579. The van der Waals surface area contributed by atoms with Crippen LogP contribution in [-0.2, 0) is 10.2 Å². The van der Waals surface area contributed by atoms with E-state index in [1.165, 1.54) is 0 Å². The topological polar surface area (TPSA) is 52.6 Å². The molecule has 2 aliphatic heterocycles. The van der Waals surface area contributed by atoms with Crippen molar-refractivity contribution >= 4 is 34.8 Å². The Balaban J connectivity index is 2.17. The number of hydrogen-bond donors (Lipinski definition) is 2. The number of amides is 1. The maximum absolute atomic E-state index is 12.0. The summed E-state index contributed by atoms with van der Waals surface area (Å²) in [6.45, 7) is 3.08. The van der Waals surface area contributed by atoms with Gasteiger partial charge in [-0.05, 0) is 37.6 Å². The first kappa shape index (κ1) is 14.1. The van der Waals surface area contributed by atoms with Crippen molar-refractivity contribution in [3.63, 3.8) is 0 Å². The molecule has 20 heavy (non-hydrogen) atoms. The summed E-state index contributed by atoms with van der Waals surface area (Å²) in [5.74, 6) is -0.305. The van der Waals surface area contributed by atoms with Crippen LogP contribution in [0.4, 0.5) is 5.69 Å². The molecule has 0 bridgehead atoms. The predicted octanol–water partition coefficient (Wildman–Crippen LogP) is 1.95. The molecule has 2 atom stereocenters. The Morgan fingerprint density at radius 2 is 2.20 bits per heavy atom. The maximum atomic E-state index is 12.0. The molecular weight excluding hydrogens is 299 g/mol. The Hall–Kier alpha value is -0.810. The molecule has 2 unspecified atom stereocenters. The van der Waals surface area contributed by atoms with E-state index in [2.05, 4.69) is 12.2 Å². The van der Waals surface area contributed by atoms with Gasteiger partial charge in [-0.3, -0.25) is 4.79 Å². The number of carbonyl (C=O) groups excluding carboxylic acids is 1. The molecule has 1 aromatic rings. The highest BCUT2D eigenvalue weighted by molar-refractivity contribution is 6.42. The van der Waals surface area contributed by atoms with Crippen LogP contribution in [0.15, 0.2) is 12.1 Å². The number of aliphatic hydroxyl groups is 1. The van der Waals surface area contributed by atoms with Crippen LogP contribution in [0, 0.1) is 0 Å². The van der Waals surface area contributed by atoms with Gasteiger partial charge < -0.3 is 15.3 Å². The lowest BCUT2D eigenvalue weighted by Crippen LogP contribution is -2.44. The summed E-state index contributed by atoms with van der Waals surface area (Å²) in [6, 6.07) is 3.84. The van der Waals surface area contributed by atoms with Crippen LogP contribution in [0.2, 0.25) is 10.0 Å². The van der Waals surface area contributed by atoms with Crippen LogP contribution in [0.1, 0.15) is 18.9 Å². The summed E-state index contributed by atoms with van der Waals surface area (Å²) in [7, 11) is 0. The number of carbonyl (C=O) groups is 1. The molecule has 2 heterocycles. The quantitative estimate of drug-likeness (QED) is 0.833. The summed E-state index contributed by atoms with van der Waals surface area (Å²) in [4.78, 5) is 13.6. The van der Waals surface area contributed by atoms with Gasteiger partial charge in [-0.2, -0.15) is 0 Å². The standard InChI is InChI=1S/C14H16Cl2N2O2/c1-8-14(2-3-17-8)7-18(13(20)6-19)12-5-11(16)10(15)4-9(12)14/h4-5,8,17,19H,2-3,6-7H2,1H3. The largest absolute Gasteiger partial charge is 0.387 e. The van der Waals surface area contributed by atoms with Gasteiger partial charge in [0.25, 0.3) is 5.91 Å². The fourth-order valence-corrected chi connectivity index (χ4v) is 3.75. The summed E-state index contributed by atoms with van der Waals surface area (Å²) in [6.07, 6.45) is 0.939. The zero-order valence-corrected chi connectivity index (χ0v) is 12.6. The average Bonchev–Trinajstić information content (AvgIpc) is 2.94. The summed E-state index contributed by atoms with van der Waals surface area (Å²) in [5, 5.41) is 13.5. The molecule has 1 fully saturated rings. The van der Waals surface area contributed by atoms with Crippen molar-refractivity contribution in [1.82, 2.24) is 5.32 Å². The molecule has 2 N–H and O–H groups in total. The minimum atomic E-state index is -0.502. The fourth-order valence-electron chi connectivity index (χ4n) is 3.43. The lowest BCUT2D eigenvalue weighted by atomic mass is 9.76. The second-order valence-corrected chi connectivity index (χ2v) is 6.32. The van der Waals surface area contributed by atoms with Gasteiger partial charge in [0, 0.05) is 23.7 Å². The maximum Gasteiger partial charge on any atom is 0.252 e. The summed E-state index contributed by atoms with van der Waals surface area (Å²) >= 11 is 12.2. The Kier molecular flexibility index (Phi) is 3.45. The Labute approximate surface area is 127 Å². The van der Waals surface area contributed by atoms with Crippen LogP contribution >= 0.6 is 23.2 Å². The highest BCUT2D eigenvalue weighted by atomic mass is 35.5. The van der Waals surface area contributed by atoms with Crippen molar-refractivity contribution in [1.29, 1.82) is 0 Å². The molecule has 6 heteroatoms. The van der Waals surface area contributed by atoms with Gasteiger partial charge in [-0.15, -0.1) is 0 Å². The molecule has 2 aliphatic rings. The SMILES string of the molecule is CC1NCCC12CN(C(=O)CO)c1cc(Cl)c(Cl)cc12. The molecule has 4 nitrogen and oxygen atoms in total. The third-order valence-corrected chi connectivity index (χ3v) is 5.32. The van der Waals surface area contributed by atoms with Gasteiger partial charge in [0.2, 0.25) is 0 Å². The first-order valence-corrected chi connectivity index (χ1v) is 7.39. The van der Waals surface area contributed by atoms with Gasteiger partial charge in [0.1, 0.15) is 6.61 Å². The van der Waals surface area contributed by atoms with Crippen molar-refractivity contribution in [2.45, 2.75) is 24.8 Å². The molecule has 108 valence electrons. The number of nitrogens with zero attached hydrogens (tertiary/aromatic N) is 1. The van der Waals surface area contributed by atoms with Gasteiger partial charge in [-0.1, -0.05) is 23.2 Å². The van der Waals surface area contributed by atoms with Gasteiger partial charge in [0.05, 0.1) is 10.0 Å². The zero-order chi connectivity index (χ0) is 14.5. The number of hydrogen-bond acceptors (Lipinski definition) is 3. The van der Waals surface area contributed by atoms with E-state index in [0.29, 0.717) is 16.6 Å². The number of anilines is 1. The van der Waals surface area contributed by atoms with E-state index < -0.39 is 6.61 Å². The molecule has 1 amide bonds. The first-order chi connectivity index (χ1) is 9.49. The third-order valence-electron chi connectivity index (χ3n) is 4.59.